The Bertz CT molecular complexity index is 285. The van der Waals surface area contributed by atoms with Crippen LogP contribution in [0.3, 0.4) is 0 Å². The lowest BCUT2D eigenvalue weighted by atomic mass is 9.83. The average Bonchev–Trinajstić information content (AvgIpc) is 2.51. The third-order valence-corrected chi connectivity index (χ3v) is 1.26. The van der Waals surface area contributed by atoms with Gasteiger partial charge < -0.3 is 14.8 Å². The van der Waals surface area contributed by atoms with E-state index in [4.69, 9.17) is 10.0 Å². The standard InChI is InChI=1S/C5H7BN2O4/c1-12-5(9)8-3-4(2-7-8)6(10)11/h2-3,10-11H,1H3. The van der Waals surface area contributed by atoms with E-state index in [-0.39, 0.29) is 5.46 Å². The van der Waals surface area contributed by atoms with Crippen LogP contribution in [0.15, 0.2) is 12.4 Å². The molecule has 0 bridgehead atoms. The fourth-order valence-corrected chi connectivity index (χ4v) is 0.663. The minimum Gasteiger partial charge on any atom is -0.451 e. The molecule has 0 saturated carbocycles. The largest absolute Gasteiger partial charge is 0.491 e. The van der Waals surface area contributed by atoms with E-state index in [1.165, 1.54) is 19.5 Å². The van der Waals surface area contributed by atoms with Crippen LogP contribution in [0.25, 0.3) is 0 Å². The molecular formula is C5H7BN2O4. The molecule has 6 nitrogen and oxygen atoms in total. The van der Waals surface area contributed by atoms with Crippen molar-refractivity contribution in [3.8, 4) is 0 Å². The van der Waals surface area contributed by atoms with Gasteiger partial charge in [-0.2, -0.15) is 9.78 Å². The minimum absolute atomic E-state index is 0.139. The summed E-state index contributed by atoms with van der Waals surface area (Å²) < 4.78 is 5.20. The van der Waals surface area contributed by atoms with E-state index in [9.17, 15) is 4.79 Å². The number of hydrogen-bond donors (Lipinski definition) is 2. The molecule has 0 aliphatic heterocycles. The number of carbonyl (C=O) groups is 1. The molecule has 64 valence electrons. The van der Waals surface area contributed by atoms with E-state index in [1.807, 2.05) is 0 Å². The smallest absolute Gasteiger partial charge is 0.451 e. The Morgan fingerprint density at radius 3 is 2.83 bits per heavy atom. The highest BCUT2D eigenvalue weighted by molar-refractivity contribution is 6.58. The summed E-state index contributed by atoms with van der Waals surface area (Å²) in [6, 6.07) is 0. The second-order valence-electron chi connectivity index (χ2n) is 2.06. The summed E-state index contributed by atoms with van der Waals surface area (Å²) >= 11 is 0. The molecule has 7 heteroatoms. The van der Waals surface area contributed by atoms with Crippen LogP contribution in [-0.2, 0) is 4.74 Å². The Balaban J connectivity index is 2.84. The highest BCUT2D eigenvalue weighted by atomic mass is 16.5. The van der Waals surface area contributed by atoms with Crippen molar-refractivity contribution in [2.24, 2.45) is 0 Å². The van der Waals surface area contributed by atoms with Gasteiger partial charge in [0.1, 0.15) is 0 Å². The van der Waals surface area contributed by atoms with Crippen molar-refractivity contribution in [1.29, 1.82) is 0 Å². The summed E-state index contributed by atoms with van der Waals surface area (Å²) in [5, 5.41) is 20.8. The van der Waals surface area contributed by atoms with E-state index < -0.39 is 13.2 Å². The van der Waals surface area contributed by atoms with Crippen molar-refractivity contribution in [3.63, 3.8) is 0 Å². The quantitative estimate of drug-likeness (QED) is 0.484. The Morgan fingerprint density at radius 2 is 2.42 bits per heavy atom. The topological polar surface area (TPSA) is 84.6 Å². The molecule has 0 saturated heterocycles. The molecule has 1 rings (SSSR count). The molecule has 0 aromatic carbocycles. The van der Waals surface area contributed by atoms with Crippen LogP contribution in [0, 0.1) is 0 Å². The first kappa shape index (κ1) is 8.76. The van der Waals surface area contributed by atoms with Gasteiger partial charge in [-0.1, -0.05) is 0 Å². The highest BCUT2D eigenvalue weighted by Gasteiger charge is 2.15. The molecule has 0 fully saturated rings. The van der Waals surface area contributed by atoms with Crippen molar-refractivity contribution in [2.45, 2.75) is 0 Å². The summed E-state index contributed by atoms with van der Waals surface area (Å²) in [4.78, 5) is 10.8. The Hall–Kier alpha value is -1.34. The maximum absolute atomic E-state index is 10.8. The van der Waals surface area contributed by atoms with Gasteiger partial charge in [0.2, 0.25) is 0 Å². The van der Waals surface area contributed by atoms with Crippen LogP contribution in [0.5, 0.6) is 0 Å². The molecule has 0 radical (unpaired) electrons. The van der Waals surface area contributed by atoms with Gasteiger partial charge in [0, 0.05) is 17.9 Å². The second-order valence-corrected chi connectivity index (χ2v) is 2.06. The fourth-order valence-electron chi connectivity index (χ4n) is 0.663. The van der Waals surface area contributed by atoms with Crippen LogP contribution in [0.4, 0.5) is 4.79 Å². The van der Waals surface area contributed by atoms with Crippen molar-refractivity contribution in [3.05, 3.63) is 12.4 Å². The van der Waals surface area contributed by atoms with Crippen molar-refractivity contribution >= 4 is 18.7 Å². The van der Waals surface area contributed by atoms with Crippen LogP contribution in [0.2, 0.25) is 0 Å². The molecule has 1 aromatic rings. The zero-order chi connectivity index (χ0) is 9.14. The molecule has 1 aromatic heterocycles. The lowest BCUT2D eigenvalue weighted by Crippen LogP contribution is -2.28. The van der Waals surface area contributed by atoms with Gasteiger partial charge >= 0.3 is 13.2 Å². The number of methoxy groups -OCH3 is 1. The molecular weight excluding hydrogens is 163 g/mol. The van der Waals surface area contributed by atoms with Crippen LogP contribution >= 0.6 is 0 Å². The van der Waals surface area contributed by atoms with Crippen LogP contribution in [0.1, 0.15) is 0 Å². The Morgan fingerprint density at radius 1 is 1.75 bits per heavy atom. The number of carbonyl (C=O) groups excluding carboxylic acids is 1. The second kappa shape index (κ2) is 3.37. The molecule has 0 amide bonds. The van der Waals surface area contributed by atoms with Gasteiger partial charge in [-0.25, -0.2) is 4.79 Å². The molecule has 12 heavy (non-hydrogen) atoms. The molecule has 1 heterocycles. The van der Waals surface area contributed by atoms with E-state index in [1.54, 1.807) is 0 Å². The van der Waals surface area contributed by atoms with Crippen molar-refractivity contribution in [1.82, 2.24) is 9.78 Å². The zero-order valence-electron chi connectivity index (χ0n) is 6.34. The maximum Gasteiger partial charge on any atom is 0.491 e. The van der Waals surface area contributed by atoms with E-state index in [0.29, 0.717) is 0 Å². The molecule has 0 aliphatic rings. The first-order valence-electron chi connectivity index (χ1n) is 3.14. The van der Waals surface area contributed by atoms with Gasteiger partial charge in [-0.3, -0.25) is 0 Å². The fraction of sp³-hybridized carbons (Fsp3) is 0.200. The normalized spacial score (nSPS) is 9.58. The first-order valence-corrected chi connectivity index (χ1v) is 3.14. The number of rotatable bonds is 1. The third kappa shape index (κ3) is 1.63. The Labute approximate surface area is 68.5 Å². The number of hydrogen-bond acceptors (Lipinski definition) is 5. The Kier molecular flexibility index (Phi) is 2.46. The molecule has 2 N–H and O–H groups in total. The van der Waals surface area contributed by atoms with Gasteiger partial charge in [0.25, 0.3) is 0 Å². The predicted molar refractivity (Wildman–Crippen MR) is 39.9 cm³/mol. The SMILES string of the molecule is COC(=O)n1cc(B(O)O)cn1. The predicted octanol–water partition coefficient (Wildman–Crippen LogP) is -1.82. The molecule has 0 spiro atoms. The van der Waals surface area contributed by atoms with Crippen LogP contribution in [-0.4, -0.2) is 40.1 Å². The van der Waals surface area contributed by atoms with Gasteiger partial charge in [-0.05, 0) is 0 Å². The first-order chi connectivity index (χ1) is 5.65. The maximum atomic E-state index is 10.8. The lowest BCUT2D eigenvalue weighted by molar-refractivity contribution is 0.169. The summed E-state index contributed by atoms with van der Waals surface area (Å²) in [5.74, 6) is 0. The number of aromatic nitrogens is 2. The highest BCUT2D eigenvalue weighted by Crippen LogP contribution is 1.85. The van der Waals surface area contributed by atoms with E-state index in [0.717, 1.165) is 4.68 Å². The average molecular weight is 170 g/mol. The van der Waals surface area contributed by atoms with E-state index in [2.05, 4.69) is 9.84 Å². The van der Waals surface area contributed by atoms with Crippen molar-refractivity contribution < 1.29 is 19.6 Å². The third-order valence-electron chi connectivity index (χ3n) is 1.26. The van der Waals surface area contributed by atoms with Gasteiger partial charge in [-0.15, -0.1) is 0 Å². The number of ether oxygens (including phenoxy) is 1. The monoisotopic (exact) mass is 170 g/mol. The summed E-state index contributed by atoms with van der Waals surface area (Å²) in [5.41, 5.74) is 0.139. The molecule has 0 unspecified atom stereocenters. The molecule has 0 aliphatic carbocycles. The summed E-state index contributed by atoms with van der Waals surface area (Å²) in [6.45, 7) is 0. The van der Waals surface area contributed by atoms with Gasteiger partial charge in [0.15, 0.2) is 0 Å². The minimum atomic E-state index is -1.62. The van der Waals surface area contributed by atoms with E-state index >= 15 is 0 Å². The van der Waals surface area contributed by atoms with Crippen LogP contribution < -0.4 is 5.46 Å². The summed E-state index contributed by atoms with van der Waals surface area (Å²) in [7, 11) is -0.414. The van der Waals surface area contributed by atoms with Gasteiger partial charge in [0.05, 0.1) is 7.11 Å². The number of nitrogens with zero attached hydrogens (tertiary/aromatic N) is 2. The lowest BCUT2D eigenvalue weighted by Gasteiger charge is -1.95. The van der Waals surface area contributed by atoms with Crippen molar-refractivity contribution in [2.75, 3.05) is 7.11 Å². The molecule has 0 atom stereocenters. The summed E-state index contributed by atoms with van der Waals surface area (Å²) in [6.07, 6.45) is 1.67. The zero-order valence-corrected chi connectivity index (χ0v) is 6.34.